The summed E-state index contributed by atoms with van der Waals surface area (Å²) < 4.78 is 2.03. The molecule has 4 rings (SSSR count). The number of carbonyl (C=O) groups excluding carboxylic acids is 1. The first-order valence-electron chi connectivity index (χ1n) is 9.06. The Labute approximate surface area is 158 Å². The van der Waals surface area contributed by atoms with E-state index in [1.807, 2.05) is 46.8 Å². The third-order valence-corrected chi connectivity index (χ3v) is 4.77. The number of nitrogens with one attached hydrogen (secondary N) is 1. The first-order chi connectivity index (χ1) is 13.1. The van der Waals surface area contributed by atoms with Crippen LogP contribution in [0, 0.1) is 13.8 Å². The second-order valence-corrected chi connectivity index (χ2v) is 6.85. The number of likely N-dealkylation sites (tertiary alicyclic amines) is 1. The Hall–Kier alpha value is -3.22. The van der Waals surface area contributed by atoms with E-state index >= 15 is 0 Å². The van der Waals surface area contributed by atoms with Gasteiger partial charge in [-0.05, 0) is 38.5 Å². The number of nitrogens with zero attached hydrogens (tertiary/aromatic N) is 5. The molecule has 2 aromatic heterocycles. The number of rotatable bonds is 4. The molecular formula is C20H22N6O. The molecule has 1 unspecified atom stereocenters. The van der Waals surface area contributed by atoms with Crippen LogP contribution in [0.2, 0.25) is 0 Å². The fourth-order valence-corrected chi connectivity index (χ4v) is 3.48. The number of hydrogen-bond acceptors (Lipinski definition) is 5. The molecule has 1 aliphatic heterocycles. The maximum Gasteiger partial charge on any atom is 0.257 e. The van der Waals surface area contributed by atoms with E-state index in [0.717, 1.165) is 23.5 Å². The van der Waals surface area contributed by atoms with Gasteiger partial charge in [0.2, 0.25) is 5.95 Å². The molecule has 7 heteroatoms. The van der Waals surface area contributed by atoms with Gasteiger partial charge in [-0.1, -0.05) is 18.2 Å². The summed E-state index contributed by atoms with van der Waals surface area (Å²) in [5.41, 5.74) is 3.55. The Balaban J connectivity index is 1.42. The van der Waals surface area contributed by atoms with E-state index < -0.39 is 0 Å². The van der Waals surface area contributed by atoms with Crippen molar-refractivity contribution < 1.29 is 4.79 Å². The molecule has 3 heterocycles. The maximum absolute atomic E-state index is 12.8. The molecule has 1 amide bonds. The lowest BCUT2D eigenvalue weighted by Gasteiger charge is -2.17. The molecule has 27 heavy (non-hydrogen) atoms. The van der Waals surface area contributed by atoms with Crippen LogP contribution in [0.15, 0.2) is 48.8 Å². The van der Waals surface area contributed by atoms with Crippen LogP contribution < -0.4 is 5.32 Å². The quantitative estimate of drug-likeness (QED) is 0.772. The smallest absolute Gasteiger partial charge is 0.257 e. The van der Waals surface area contributed by atoms with Crippen molar-refractivity contribution in [2.45, 2.75) is 26.3 Å². The molecule has 138 valence electrons. The third-order valence-electron chi connectivity index (χ3n) is 4.77. The second kappa shape index (κ2) is 7.19. The van der Waals surface area contributed by atoms with Gasteiger partial charge in [0.1, 0.15) is 0 Å². The molecule has 1 fully saturated rings. The van der Waals surface area contributed by atoms with Crippen LogP contribution in [0.25, 0.3) is 0 Å². The predicted molar refractivity (Wildman–Crippen MR) is 103 cm³/mol. The number of para-hydroxylation sites is 1. The van der Waals surface area contributed by atoms with Crippen LogP contribution in [-0.2, 0) is 0 Å². The van der Waals surface area contributed by atoms with E-state index in [2.05, 4.69) is 33.4 Å². The molecule has 0 aliphatic carbocycles. The molecule has 7 nitrogen and oxygen atoms in total. The van der Waals surface area contributed by atoms with Crippen molar-refractivity contribution in [1.82, 2.24) is 24.6 Å². The van der Waals surface area contributed by atoms with Crippen molar-refractivity contribution in [2.75, 3.05) is 18.4 Å². The fourth-order valence-electron chi connectivity index (χ4n) is 3.48. The summed E-state index contributed by atoms with van der Waals surface area (Å²) in [5.74, 6) is 0.435. The van der Waals surface area contributed by atoms with E-state index in [4.69, 9.17) is 0 Å². The SMILES string of the molecule is Cc1cc(C)n(C2CCN(C(=O)c3cnc(Nc4ccccc4)nc3)C2)n1. The zero-order valence-corrected chi connectivity index (χ0v) is 15.5. The first-order valence-corrected chi connectivity index (χ1v) is 9.06. The van der Waals surface area contributed by atoms with Gasteiger partial charge in [0.05, 0.1) is 17.3 Å². The largest absolute Gasteiger partial charge is 0.336 e. The molecule has 0 radical (unpaired) electrons. The van der Waals surface area contributed by atoms with Crippen molar-refractivity contribution in [3.05, 3.63) is 65.7 Å². The zero-order valence-electron chi connectivity index (χ0n) is 15.5. The van der Waals surface area contributed by atoms with Crippen LogP contribution in [-0.4, -0.2) is 43.6 Å². The standard InChI is InChI=1S/C20H22N6O/c1-14-10-15(2)26(24-14)18-8-9-25(13-18)19(27)16-11-21-20(22-12-16)23-17-6-4-3-5-7-17/h3-7,10-12,18H,8-9,13H2,1-2H3,(H,21,22,23). The average molecular weight is 362 g/mol. The van der Waals surface area contributed by atoms with Crippen LogP contribution in [0.5, 0.6) is 0 Å². The van der Waals surface area contributed by atoms with Crippen LogP contribution >= 0.6 is 0 Å². The van der Waals surface area contributed by atoms with Gasteiger partial charge in [-0.25, -0.2) is 9.97 Å². The Morgan fingerprint density at radius 3 is 2.56 bits per heavy atom. The van der Waals surface area contributed by atoms with E-state index in [-0.39, 0.29) is 11.9 Å². The molecule has 0 saturated carbocycles. The number of amides is 1. The normalized spacial score (nSPS) is 16.5. The molecule has 1 N–H and O–H groups in total. The van der Waals surface area contributed by atoms with E-state index in [1.54, 1.807) is 12.4 Å². The number of benzene rings is 1. The van der Waals surface area contributed by atoms with Crippen molar-refractivity contribution in [1.29, 1.82) is 0 Å². The Kier molecular flexibility index (Phi) is 4.58. The Bertz CT molecular complexity index is 935. The lowest BCUT2D eigenvalue weighted by molar-refractivity contribution is 0.0786. The van der Waals surface area contributed by atoms with E-state index in [1.165, 1.54) is 0 Å². The minimum atomic E-state index is -0.0368. The van der Waals surface area contributed by atoms with Crippen molar-refractivity contribution in [3.63, 3.8) is 0 Å². The Morgan fingerprint density at radius 2 is 1.89 bits per heavy atom. The lowest BCUT2D eigenvalue weighted by Crippen LogP contribution is -2.29. The highest BCUT2D eigenvalue weighted by molar-refractivity contribution is 5.93. The average Bonchev–Trinajstić information content (AvgIpc) is 3.29. The van der Waals surface area contributed by atoms with Crippen LogP contribution in [0.3, 0.4) is 0 Å². The molecule has 3 aromatic rings. The molecule has 0 bridgehead atoms. The molecule has 1 saturated heterocycles. The summed E-state index contributed by atoms with van der Waals surface area (Å²) in [6, 6.07) is 12.0. The van der Waals surface area contributed by atoms with Gasteiger partial charge < -0.3 is 10.2 Å². The second-order valence-electron chi connectivity index (χ2n) is 6.85. The number of hydrogen-bond donors (Lipinski definition) is 1. The summed E-state index contributed by atoms with van der Waals surface area (Å²) in [6.07, 6.45) is 4.07. The van der Waals surface area contributed by atoms with Crippen molar-refractivity contribution in [3.8, 4) is 0 Å². The molecule has 1 atom stereocenters. The summed E-state index contributed by atoms with van der Waals surface area (Å²) in [4.78, 5) is 23.2. The van der Waals surface area contributed by atoms with Gasteiger partial charge in [-0.2, -0.15) is 5.10 Å². The minimum Gasteiger partial charge on any atom is -0.336 e. The van der Waals surface area contributed by atoms with Crippen LogP contribution in [0.4, 0.5) is 11.6 Å². The maximum atomic E-state index is 12.8. The van der Waals surface area contributed by atoms with E-state index in [0.29, 0.717) is 24.6 Å². The summed E-state index contributed by atoms with van der Waals surface area (Å²) >= 11 is 0. The first kappa shape index (κ1) is 17.2. The molecule has 1 aliphatic rings. The van der Waals surface area contributed by atoms with Gasteiger partial charge in [-0.3, -0.25) is 9.48 Å². The fraction of sp³-hybridized carbons (Fsp3) is 0.300. The number of anilines is 2. The van der Waals surface area contributed by atoms with Gasteiger partial charge in [-0.15, -0.1) is 0 Å². The summed E-state index contributed by atoms with van der Waals surface area (Å²) in [7, 11) is 0. The monoisotopic (exact) mass is 362 g/mol. The molecule has 1 aromatic carbocycles. The van der Waals surface area contributed by atoms with Crippen LogP contribution in [0.1, 0.15) is 34.2 Å². The van der Waals surface area contributed by atoms with Gasteiger partial charge in [0, 0.05) is 36.9 Å². The predicted octanol–water partition coefficient (Wildman–Crippen LogP) is 3.12. The van der Waals surface area contributed by atoms with Gasteiger partial charge in [0.15, 0.2) is 0 Å². The Morgan fingerprint density at radius 1 is 1.15 bits per heavy atom. The highest BCUT2D eigenvalue weighted by Gasteiger charge is 2.29. The summed E-state index contributed by atoms with van der Waals surface area (Å²) in [6.45, 7) is 5.41. The number of carbonyl (C=O) groups is 1. The highest BCUT2D eigenvalue weighted by atomic mass is 16.2. The van der Waals surface area contributed by atoms with Crippen molar-refractivity contribution >= 4 is 17.5 Å². The topological polar surface area (TPSA) is 75.9 Å². The number of aromatic nitrogens is 4. The zero-order chi connectivity index (χ0) is 18.8. The molecule has 0 spiro atoms. The minimum absolute atomic E-state index is 0.0368. The van der Waals surface area contributed by atoms with Gasteiger partial charge in [0.25, 0.3) is 5.91 Å². The lowest BCUT2D eigenvalue weighted by atomic mass is 10.2. The number of aryl methyl sites for hydroxylation is 2. The molecular weight excluding hydrogens is 340 g/mol. The van der Waals surface area contributed by atoms with Gasteiger partial charge >= 0.3 is 0 Å². The van der Waals surface area contributed by atoms with E-state index in [9.17, 15) is 4.79 Å². The van der Waals surface area contributed by atoms with Crippen molar-refractivity contribution in [2.24, 2.45) is 0 Å². The highest BCUT2D eigenvalue weighted by Crippen LogP contribution is 2.24. The third kappa shape index (κ3) is 3.67. The summed E-state index contributed by atoms with van der Waals surface area (Å²) in [5, 5.41) is 7.67.